The van der Waals surface area contributed by atoms with E-state index in [0.29, 0.717) is 0 Å². The highest BCUT2D eigenvalue weighted by Crippen LogP contribution is 2.54. The van der Waals surface area contributed by atoms with E-state index in [9.17, 15) is 59.4 Å². The molecular weight excluding hydrogens is 700 g/mol. The minimum atomic E-state index is -1.64. The van der Waals surface area contributed by atoms with Crippen LogP contribution in [0.4, 0.5) is 0 Å². The van der Waals surface area contributed by atoms with Crippen LogP contribution in [-0.4, -0.2) is 66.5 Å². The van der Waals surface area contributed by atoms with Crippen LogP contribution in [0.15, 0.2) is 77.1 Å². The Bertz CT molecular complexity index is 1610. The molecule has 1 aliphatic rings. The van der Waals surface area contributed by atoms with Crippen LogP contribution < -0.4 is 0 Å². The number of benzene rings is 1. The van der Waals surface area contributed by atoms with E-state index >= 15 is 0 Å². The summed E-state index contributed by atoms with van der Waals surface area (Å²) in [6.07, 6.45) is 3.60. The topological polar surface area (TPSA) is 224 Å². The van der Waals surface area contributed by atoms with Crippen LogP contribution in [0.1, 0.15) is 56.4 Å². The van der Waals surface area contributed by atoms with E-state index in [0.717, 1.165) is 31.2 Å². The number of fused-ring (bicyclic) bond motifs is 1. The fourth-order valence-corrected chi connectivity index (χ4v) is 6.07. The second-order valence-electron chi connectivity index (χ2n) is 9.25. The van der Waals surface area contributed by atoms with Crippen molar-refractivity contribution in [3.63, 3.8) is 0 Å². The van der Waals surface area contributed by atoms with E-state index in [1.54, 1.807) is 0 Å². The van der Waals surface area contributed by atoms with E-state index in [4.69, 9.17) is 0 Å². The maximum Gasteiger partial charge on any atom is 0.336 e. The third kappa shape index (κ3) is 7.28. The highest BCUT2D eigenvalue weighted by atomic mass is 79.9. The molecule has 6 N–H and O–H groups in total. The van der Waals surface area contributed by atoms with Gasteiger partial charge in [-0.15, -0.1) is 5.73 Å². The maximum absolute atomic E-state index is 12.1. The average Bonchev–Trinajstić information content (AvgIpc) is 3.02. The Kier molecular flexibility index (Phi) is 11.0. The molecule has 0 saturated carbocycles. The second-order valence-corrected chi connectivity index (χ2v) is 11.6. The Balaban J connectivity index is 2.97. The molecule has 0 spiro atoms. The molecule has 3 atom stereocenters. The SMILES string of the molecule is C=C=C(/C=C(\C(=C)C(=O)O)C(=O)O)C1(Br)CCC(/C=C/C(C(=O)O)=C(\C)C(=O)O)C(Br)c2cc(C(=O)O)c(C(=O)O)cc21. The molecule has 43 heavy (non-hydrogen) atoms. The Hall–Kier alpha value is -4.52. The molecule has 0 aliphatic heterocycles. The zero-order chi connectivity index (χ0) is 33.0. The van der Waals surface area contributed by atoms with Gasteiger partial charge < -0.3 is 30.6 Å². The first kappa shape index (κ1) is 34.7. The predicted molar refractivity (Wildman–Crippen MR) is 158 cm³/mol. The lowest BCUT2D eigenvalue weighted by atomic mass is 9.83. The molecule has 1 aromatic carbocycles. The monoisotopic (exact) mass is 722 g/mol. The zero-order valence-corrected chi connectivity index (χ0v) is 25.4. The van der Waals surface area contributed by atoms with Crippen molar-refractivity contribution in [1.82, 2.24) is 0 Å². The van der Waals surface area contributed by atoms with Gasteiger partial charge in [0.1, 0.15) is 0 Å². The van der Waals surface area contributed by atoms with Gasteiger partial charge in [0.25, 0.3) is 0 Å². The lowest BCUT2D eigenvalue weighted by molar-refractivity contribution is -0.136. The van der Waals surface area contributed by atoms with Crippen molar-refractivity contribution in [3.8, 4) is 0 Å². The molecule has 12 nitrogen and oxygen atoms in total. The second kappa shape index (κ2) is 13.6. The van der Waals surface area contributed by atoms with Crippen molar-refractivity contribution < 1.29 is 59.4 Å². The minimum absolute atomic E-state index is 0.00736. The number of hydrogen-bond acceptors (Lipinski definition) is 6. The van der Waals surface area contributed by atoms with Gasteiger partial charge in [-0.2, -0.15) is 0 Å². The van der Waals surface area contributed by atoms with E-state index in [-0.39, 0.29) is 29.5 Å². The Morgan fingerprint density at radius 2 is 1.49 bits per heavy atom. The van der Waals surface area contributed by atoms with Crippen LogP contribution in [0.3, 0.4) is 0 Å². The number of allylic oxidation sites excluding steroid dienone is 3. The Labute approximate surface area is 260 Å². The quantitative estimate of drug-likeness (QED) is 0.0588. The minimum Gasteiger partial charge on any atom is -0.478 e. The van der Waals surface area contributed by atoms with E-state index in [1.165, 1.54) is 6.08 Å². The summed E-state index contributed by atoms with van der Waals surface area (Å²) >= 11 is 7.06. The Morgan fingerprint density at radius 1 is 0.930 bits per heavy atom. The molecule has 14 heteroatoms. The third-order valence-corrected chi connectivity index (χ3v) is 9.18. The molecule has 3 unspecified atom stereocenters. The maximum atomic E-state index is 12.1. The molecule has 0 radical (unpaired) electrons. The van der Waals surface area contributed by atoms with Crippen LogP contribution in [0.5, 0.6) is 0 Å². The lowest BCUT2D eigenvalue weighted by Gasteiger charge is -2.30. The van der Waals surface area contributed by atoms with Crippen molar-refractivity contribution in [2.24, 2.45) is 5.92 Å². The van der Waals surface area contributed by atoms with Gasteiger partial charge in [0.2, 0.25) is 0 Å². The highest BCUT2D eigenvalue weighted by molar-refractivity contribution is 9.10. The normalized spacial score (nSPS) is 20.6. The smallest absolute Gasteiger partial charge is 0.336 e. The number of carboxylic acids is 6. The molecule has 1 aliphatic carbocycles. The molecule has 0 aromatic heterocycles. The Morgan fingerprint density at radius 3 is 1.93 bits per heavy atom. The van der Waals surface area contributed by atoms with Crippen molar-refractivity contribution >= 4 is 67.7 Å². The summed E-state index contributed by atoms with van der Waals surface area (Å²) in [6, 6.07) is 2.20. The van der Waals surface area contributed by atoms with Crippen LogP contribution in [0, 0.1) is 5.92 Å². The van der Waals surface area contributed by atoms with E-state index in [1.807, 2.05) is 0 Å². The molecule has 226 valence electrons. The third-order valence-electron chi connectivity index (χ3n) is 6.76. The lowest BCUT2D eigenvalue weighted by Crippen LogP contribution is -2.23. The summed E-state index contributed by atoms with van der Waals surface area (Å²) in [6.45, 7) is 7.99. The molecule has 1 aromatic rings. The predicted octanol–water partition coefficient (Wildman–Crippen LogP) is 4.92. The standard InChI is InChI=1S/C29H24Br2O12/c1-4-15(9-17(26(38)39)13(3)24(34)35)29(31)8-7-14(5-6-16(25(36)37)12(2)23(32)33)22(30)20-10-18(27(40)41)19(28(42)43)11-21(20)29/h5-6,9-11,14,22H,1,3,7-8H2,2H3,(H,32,33)(H,34,35)(H,36,37)(H,38,39)(H,40,41)(H,42,43)/b6-5+,16-12-,17-9+. The molecule has 0 saturated heterocycles. The summed E-state index contributed by atoms with van der Waals surface area (Å²) in [5.74, 6) is -10.0. The number of carbonyl (C=O) groups is 6. The number of alkyl halides is 2. The number of aromatic carboxylic acids is 2. The fraction of sp³-hybridized carbons (Fsp3) is 0.207. The molecule has 0 amide bonds. The average molecular weight is 724 g/mol. The summed E-state index contributed by atoms with van der Waals surface area (Å²) < 4.78 is -1.53. The van der Waals surface area contributed by atoms with Crippen LogP contribution in [0.25, 0.3) is 0 Å². The van der Waals surface area contributed by atoms with E-state index in [2.05, 4.69) is 50.7 Å². The molecule has 2 rings (SSSR count). The number of carboxylic acid groups (broad SMARTS) is 6. The molecule has 0 fully saturated rings. The van der Waals surface area contributed by atoms with Crippen molar-refractivity contribution in [2.45, 2.75) is 28.9 Å². The van der Waals surface area contributed by atoms with Gasteiger partial charge in [0, 0.05) is 16.0 Å². The van der Waals surface area contributed by atoms with Crippen molar-refractivity contribution in [2.75, 3.05) is 0 Å². The highest BCUT2D eigenvalue weighted by Gasteiger charge is 2.42. The fourth-order valence-electron chi connectivity index (χ4n) is 4.43. The number of rotatable bonds is 11. The first-order valence-corrected chi connectivity index (χ1v) is 13.7. The van der Waals surface area contributed by atoms with Gasteiger partial charge in [0.15, 0.2) is 0 Å². The number of halogens is 2. The van der Waals surface area contributed by atoms with Gasteiger partial charge in [-0.05, 0) is 55.0 Å². The summed E-state index contributed by atoms with van der Waals surface area (Å²) in [4.78, 5) is 69.9. The van der Waals surface area contributed by atoms with Crippen LogP contribution in [-0.2, 0) is 23.5 Å². The zero-order valence-electron chi connectivity index (χ0n) is 22.3. The van der Waals surface area contributed by atoms with Crippen molar-refractivity contribution in [3.05, 3.63) is 99.4 Å². The molecule has 0 heterocycles. The van der Waals surface area contributed by atoms with Gasteiger partial charge in [-0.1, -0.05) is 57.2 Å². The summed E-state index contributed by atoms with van der Waals surface area (Å²) in [7, 11) is 0. The summed E-state index contributed by atoms with van der Waals surface area (Å²) in [5.41, 5.74) is -0.751. The largest absolute Gasteiger partial charge is 0.478 e. The first-order valence-electron chi connectivity index (χ1n) is 12.0. The van der Waals surface area contributed by atoms with Gasteiger partial charge in [-0.3, -0.25) is 0 Å². The van der Waals surface area contributed by atoms with Gasteiger partial charge in [-0.25, -0.2) is 28.8 Å². The molecular formula is C29H24Br2O12. The summed E-state index contributed by atoms with van der Waals surface area (Å²) in [5, 5.41) is 57.4. The van der Waals surface area contributed by atoms with Gasteiger partial charge in [0.05, 0.1) is 32.2 Å². The first-order chi connectivity index (χ1) is 19.9. The number of aliphatic carboxylic acids is 4. The van der Waals surface area contributed by atoms with Gasteiger partial charge >= 0.3 is 35.8 Å². The van der Waals surface area contributed by atoms with E-state index < -0.39 is 84.3 Å². The van der Waals surface area contributed by atoms with Crippen LogP contribution in [0.2, 0.25) is 0 Å². The van der Waals surface area contributed by atoms with Crippen molar-refractivity contribution in [1.29, 1.82) is 0 Å². The molecule has 0 bridgehead atoms. The van der Waals surface area contributed by atoms with Crippen LogP contribution >= 0.6 is 31.9 Å². The number of hydrogen-bond donors (Lipinski definition) is 6.